The highest BCUT2D eigenvalue weighted by Gasteiger charge is 2.77. The Morgan fingerprint density at radius 3 is 2.17 bits per heavy atom. The zero-order chi connectivity index (χ0) is 34.5. The number of phenolic OH excluding ortho intramolecular Hbond substituents is 1. The summed E-state index contributed by atoms with van der Waals surface area (Å²) in [7, 11) is 1.26. The summed E-state index contributed by atoms with van der Waals surface area (Å²) in [4.78, 5) is 61.4. The van der Waals surface area contributed by atoms with Gasteiger partial charge in [-0.1, -0.05) is 11.6 Å². The van der Waals surface area contributed by atoms with Crippen molar-refractivity contribution in [3.63, 3.8) is 0 Å². The van der Waals surface area contributed by atoms with Crippen molar-refractivity contribution < 1.29 is 60.9 Å². The van der Waals surface area contributed by atoms with Crippen molar-refractivity contribution in [1.29, 1.82) is 0 Å². The highest BCUT2D eigenvalue weighted by atomic mass is 35.5. The van der Waals surface area contributed by atoms with Crippen molar-refractivity contribution in [2.45, 2.75) is 34.9 Å². The van der Waals surface area contributed by atoms with Crippen molar-refractivity contribution in [1.82, 2.24) is 4.90 Å². The fourth-order valence-electron chi connectivity index (χ4n) is 7.30. The molecule has 2 aliphatic carbocycles. The molecule has 4 amide bonds. The minimum atomic E-state index is -2.82. The zero-order valence-electron chi connectivity index (χ0n) is 23.8. The number of carboxylic acid groups (broad SMARTS) is 1. The summed E-state index contributed by atoms with van der Waals surface area (Å²) in [6.45, 7) is -0.473. The summed E-state index contributed by atoms with van der Waals surface area (Å²) in [5, 5.41) is 20.2. The van der Waals surface area contributed by atoms with Crippen LogP contribution in [0.1, 0.15) is 30.7 Å². The lowest BCUT2D eigenvalue weighted by atomic mass is 9.56. The van der Waals surface area contributed by atoms with Gasteiger partial charge in [0, 0.05) is 18.0 Å². The van der Waals surface area contributed by atoms with Crippen LogP contribution in [0.25, 0.3) is 0 Å². The smallest absolute Gasteiger partial charge is 0.305 e. The van der Waals surface area contributed by atoms with Crippen LogP contribution in [0.2, 0.25) is 0 Å². The van der Waals surface area contributed by atoms with Crippen molar-refractivity contribution in [2.24, 2.45) is 17.8 Å². The van der Waals surface area contributed by atoms with E-state index in [-0.39, 0.29) is 28.2 Å². The number of allylic oxidation sites excluding steroid dienone is 2. The Labute approximate surface area is 271 Å². The number of nitrogens with zero attached hydrogens (tertiary/aromatic N) is 2. The SMILES string of the molecule is COc1ccc(O)c(C2C3=CCC4C(=O)N(CCC(=O)O)C(=O)C4C3CC3(Cl)C(=O)N(c4c(F)c(F)c(F)c(F)c4F)C(=O)C23Cl)c1. The van der Waals surface area contributed by atoms with Crippen molar-refractivity contribution >= 4 is 58.5 Å². The number of phenols is 1. The van der Waals surface area contributed by atoms with Crippen LogP contribution in [0.4, 0.5) is 27.6 Å². The largest absolute Gasteiger partial charge is 0.508 e. The molecule has 1 saturated carbocycles. The van der Waals surface area contributed by atoms with E-state index in [1.54, 1.807) is 0 Å². The van der Waals surface area contributed by atoms with Gasteiger partial charge in [0.2, 0.25) is 17.6 Å². The maximum atomic E-state index is 15.1. The highest BCUT2D eigenvalue weighted by Crippen LogP contribution is 2.66. The van der Waals surface area contributed by atoms with Crippen molar-refractivity contribution in [3.8, 4) is 11.5 Å². The number of rotatable bonds is 6. The van der Waals surface area contributed by atoms with Gasteiger partial charge in [0.05, 0.1) is 25.4 Å². The Hall–Kier alpha value is -4.24. The minimum Gasteiger partial charge on any atom is -0.508 e. The van der Waals surface area contributed by atoms with E-state index in [0.717, 1.165) is 11.0 Å². The minimum absolute atomic E-state index is 0.0926. The normalized spacial score (nSPS) is 29.9. The fraction of sp³-hybridized carbons (Fsp3) is 0.367. The van der Waals surface area contributed by atoms with Gasteiger partial charge in [-0.2, -0.15) is 0 Å². The lowest BCUT2D eigenvalue weighted by Gasteiger charge is -2.50. The average Bonchev–Trinajstić information content (AvgIpc) is 3.36. The molecule has 0 spiro atoms. The Bertz CT molecular complexity index is 1830. The van der Waals surface area contributed by atoms with Gasteiger partial charge in [0.1, 0.15) is 17.2 Å². The molecular formula is C30H21Cl2F5N2O8. The number of hydrogen-bond acceptors (Lipinski definition) is 7. The number of aromatic hydroxyl groups is 1. The number of amides is 4. The summed E-state index contributed by atoms with van der Waals surface area (Å²) in [5.74, 6) is -24.4. The second kappa shape index (κ2) is 10.9. The van der Waals surface area contributed by atoms with Gasteiger partial charge in [-0.15, -0.1) is 23.2 Å². The lowest BCUT2D eigenvalue weighted by molar-refractivity contribution is -0.142. The molecule has 17 heteroatoms. The van der Waals surface area contributed by atoms with Gasteiger partial charge in [0.25, 0.3) is 11.8 Å². The topological polar surface area (TPSA) is 142 Å². The lowest BCUT2D eigenvalue weighted by Crippen LogP contribution is -2.60. The molecule has 2 aromatic rings. The number of carbonyl (C=O) groups is 5. The first-order valence-electron chi connectivity index (χ1n) is 13.9. The van der Waals surface area contributed by atoms with Crippen LogP contribution in [0, 0.1) is 46.8 Å². The van der Waals surface area contributed by atoms with Crippen LogP contribution in [-0.2, 0) is 24.0 Å². The van der Waals surface area contributed by atoms with E-state index in [1.165, 1.54) is 25.3 Å². The molecule has 0 bridgehead atoms. The maximum Gasteiger partial charge on any atom is 0.305 e. The summed E-state index contributed by atoms with van der Waals surface area (Å²) in [5.41, 5.74) is -2.03. The third-order valence-corrected chi connectivity index (χ3v) is 10.8. The number of halogens is 7. The molecule has 47 heavy (non-hydrogen) atoms. The molecule has 2 aliphatic heterocycles. The number of anilines is 1. The number of benzene rings is 2. The van der Waals surface area contributed by atoms with Crippen LogP contribution in [-0.4, -0.2) is 68.1 Å². The van der Waals surface area contributed by atoms with Gasteiger partial charge < -0.3 is 14.9 Å². The summed E-state index contributed by atoms with van der Waals surface area (Å²) in [6, 6.07) is 3.68. The molecule has 2 N–H and O–H groups in total. The molecule has 2 heterocycles. The van der Waals surface area contributed by atoms with E-state index in [1.807, 2.05) is 0 Å². The van der Waals surface area contributed by atoms with Crippen LogP contribution >= 0.6 is 23.2 Å². The van der Waals surface area contributed by atoms with Crippen LogP contribution in [0.3, 0.4) is 0 Å². The molecular weight excluding hydrogens is 682 g/mol. The number of likely N-dealkylation sites (tertiary alicyclic amines) is 1. The predicted octanol–water partition coefficient (Wildman–Crippen LogP) is 4.13. The molecule has 4 aliphatic rings. The molecule has 2 saturated heterocycles. The molecule has 248 valence electrons. The zero-order valence-corrected chi connectivity index (χ0v) is 25.3. The number of carboxylic acids is 1. The van der Waals surface area contributed by atoms with E-state index in [2.05, 4.69) is 0 Å². The number of methoxy groups -OCH3 is 1. The first-order valence-corrected chi connectivity index (χ1v) is 14.7. The van der Waals surface area contributed by atoms with Gasteiger partial charge in [-0.25, -0.2) is 26.9 Å². The molecule has 6 rings (SSSR count). The number of hydrogen-bond donors (Lipinski definition) is 2. The first-order chi connectivity index (χ1) is 22.0. The van der Waals surface area contributed by atoms with Crippen LogP contribution in [0.5, 0.6) is 11.5 Å². The summed E-state index contributed by atoms with van der Waals surface area (Å²) >= 11 is 14.0. The molecule has 2 aromatic carbocycles. The molecule has 3 fully saturated rings. The first kappa shape index (κ1) is 32.7. The van der Waals surface area contributed by atoms with E-state index >= 15 is 8.78 Å². The van der Waals surface area contributed by atoms with Gasteiger partial charge in [0.15, 0.2) is 33.0 Å². The third-order valence-electron chi connectivity index (χ3n) is 9.41. The number of ether oxygens (including phenoxy) is 1. The quantitative estimate of drug-likeness (QED) is 0.114. The Morgan fingerprint density at radius 1 is 0.957 bits per heavy atom. The Kier molecular flexibility index (Phi) is 7.59. The van der Waals surface area contributed by atoms with Crippen LogP contribution in [0.15, 0.2) is 29.8 Å². The fourth-order valence-corrected chi connectivity index (χ4v) is 8.22. The maximum absolute atomic E-state index is 15.1. The predicted molar refractivity (Wildman–Crippen MR) is 150 cm³/mol. The van der Waals surface area contributed by atoms with E-state index in [0.29, 0.717) is 0 Å². The molecule has 6 unspecified atom stereocenters. The number of fused-ring (bicyclic) bond motifs is 4. The van der Waals surface area contributed by atoms with Crippen molar-refractivity contribution in [3.05, 3.63) is 64.5 Å². The molecule has 10 nitrogen and oxygen atoms in total. The summed E-state index contributed by atoms with van der Waals surface area (Å²) in [6.07, 6.45) is -0.0108. The molecule has 0 radical (unpaired) electrons. The summed E-state index contributed by atoms with van der Waals surface area (Å²) < 4.78 is 78.0. The van der Waals surface area contributed by atoms with Gasteiger partial charge in [-0.05, 0) is 37.0 Å². The van der Waals surface area contributed by atoms with Crippen LogP contribution < -0.4 is 9.64 Å². The van der Waals surface area contributed by atoms with Gasteiger partial charge in [-0.3, -0.25) is 28.9 Å². The second-order valence-corrected chi connectivity index (χ2v) is 12.8. The standard InChI is InChI=1S/C30H21Cl2F5N2O8/c1-47-10-2-5-15(40)13(8-10)18-11-3-4-12-17(26(44)38(25(12)43)7-6-16(41)42)14(11)9-29(31)27(45)39(28(46)30(18,29)32)24-22(36)20(34)19(33)21(35)23(24)37/h2-3,5,8,12,14,17-18,40H,4,6-7,9H2,1H3,(H,41,42). The number of alkyl halides is 2. The Morgan fingerprint density at radius 2 is 1.57 bits per heavy atom. The molecule has 6 atom stereocenters. The third kappa shape index (κ3) is 4.24. The number of imide groups is 2. The molecule has 0 aromatic heterocycles. The number of carbonyl (C=O) groups excluding carboxylic acids is 4. The Balaban J connectivity index is 1.58. The van der Waals surface area contributed by atoms with Crippen molar-refractivity contribution in [2.75, 3.05) is 18.6 Å². The second-order valence-electron chi connectivity index (χ2n) is 11.6. The van der Waals surface area contributed by atoms with E-state index in [9.17, 15) is 42.3 Å². The average molecular weight is 703 g/mol. The van der Waals surface area contributed by atoms with E-state index in [4.69, 9.17) is 33.0 Å². The number of aliphatic carboxylic acids is 1. The monoisotopic (exact) mass is 702 g/mol. The van der Waals surface area contributed by atoms with Gasteiger partial charge >= 0.3 is 5.97 Å². The highest BCUT2D eigenvalue weighted by molar-refractivity contribution is 6.58. The van der Waals surface area contributed by atoms with E-state index < -0.39 is 123 Å².